The molecule has 3 N–H and O–H groups in total. The van der Waals surface area contributed by atoms with Crippen molar-refractivity contribution in [2.75, 3.05) is 20.2 Å². The van der Waals surface area contributed by atoms with Crippen LogP contribution in [0.1, 0.15) is 18.1 Å². The molecule has 0 aliphatic heterocycles. The summed E-state index contributed by atoms with van der Waals surface area (Å²) in [5.74, 6) is 1.22. The Labute approximate surface area is 188 Å². The third kappa shape index (κ3) is 8.79. The van der Waals surface area contributed by atoms with E-state index in [1.54, 1.807) is 7.05 Å². The predicted octanol–water partition coefficient (Wildman–Crippen LogP) is 3.34. The number of guanidine groups is 1. The molecule has 0 aliphatic carbocycles. The summed E-state index contributed by atoms with van der Waals surface area (Å²) in [4.78, 5) is 15.7. The van der Waals surface area contributed by atoms with E-state index in [1.807, 2.05) is 55.5 Å². The number of nitrogens with one attached hydrogen (secondary N) is 3. The maximum atomic E-state index is 11.5. The van der Waals surface area contributed by atoms with Gasteiger partial charge in [0, 0.05) is 31.7 Å². The molecular weight excluding hydrogens is 491 g/mol. The number of carbonyl (C=O) groups is 1. The zero-order valence-electron chi connectivity index (χ0n) is 16.0. The second-order valence-electron chi connectivity index (χ2n) is 5.80. The molecule has 0 bridgehead atoms. The fourth-order valence-electron chi connectivity index (χ4n) is 2.34. The second kappa shape index (κ2) is 13.2. The minimum Gasteiger partial charge on any atom is -0.484 e. The van der Waals surface area contributed by atoms with Crippen LogP contribution in [0.15, 0.2) is 53.5 Å². The van der Waals surface area contributed by atoms with Gasteiger partial charge in [-0.15, -0.1) is 24.0 Å². The zero-order chi connectivity index (χ0) is 19.5. The van der Waals surface area contributed by atoms with Gasteiger partial charge in [-0.2, -0.15) is 0 Å². The first-order valence-corrected chi connectivity index (χ1v) is 9.16. The molecule has 2 aromatic carbocycles. The van der Waals surface area contributed by atoms with Crippen molar-refractivity contribution < 1.29 is 9.53 Å². The number of carbonyl (C=O) groups excluding carboxylic acids is 1. The van der Waals surface area contributed by atoms with Crippen molar-refractivity contribution in [3.05, 3.63) is 64.7 Å². The number of amides is 1. The van der Waals surface area contributed by atoms with Gasteiger partial charge >= 0.3 is 0 Å². The molecule has 0 heterocycles. The maximum Gasteiger partial charge on any atom is 0.257 e. The van der Waals surface area contributed by atoms with Crippen LogP contribution in [0.5, 0.6) is 5.75 Å². The summed E-state index contributed by atoms with van der Waals surface area (Å²) in [7, 11) is 1.73. The Morgan fingerprint density at radius 3 is 2.36 bits per heavy atom. The molecule has 0 saturated carbocycles. The Morgan fingerprint density at radius 1 is 1.04 bits per heavy atom. The minimum atomic E-state index is -0.132. The van der Waals surface area contributed by atoms with Gasteiger partial charge in [0.2, 0.25) is 0 Å². The average molecular weight is 517 g/mol. The quantitative estimate of drug-likeness (QED) is 0.286. The first-order chi connectivity index (χ1) is 13.1. The van der Waals surface area contributed by atoms with Gasteiger partial charge in [-0.1, -0.05) is 35.9 Å². The molecular formula is C20H26ClIN4O2. The third-order valence-corrected chi connectivity index (χ3v) is 3.95. The van der Waals surface area contributed by atoms with E-state index >= 15 is 0 Å². The van der Waals surface area contributed by atoms with E-state index in [9.17, 15) is 4.79 Å². The predicted molar refractivity (Wildman–Crippen MR) is 125 cm³/mol. The minimum absolute atomic E-state index is 0. The second-order valence-corrected chi connectivity index (χ2v) is 6.23. The summed E-state index contributed by atoms with van der Waals surface area (Å²) in [6, 6.07) is 15.3. The van der Waals surface area contributed by atoms with Crippen LogP contribution in [0, 0.1) is 0 Å². The van der Waals surface area contributed by atoms with Crippen molar-refractivity contribution in [1.82, 2.24) is 16.0 Å². The fraction of sp³-hybridized carbons (Fsp3) is 0.300. The lowest BCUT2D eigenvalue weighted by Gasteiger charge is -2.13. The van der Waals surface area contributed by atoms with E-state index in [1.165, 1.54) is 0 Å². The molecule has 6 nitrogen and oxygen atoms in total. The van der Waals surface area contributed by atoms with Gasteiger partial charge in [0.05, 0.1) is 0 Å². The molecule has 0 fully saturated rings. The van der Waals surface area contributed by atoms with Gasteiger partial charge in [0.1, 0.15) is 5.75 Å². The van der Waals surface area contributed by atoms with Crippen LogP contribution in [0.3, 0.4) is 0 Å². The number of halogens is 2. The van der Waals surface area contributed by atoms with Gasteiger partial charge < -0.3 is 20.7 Å². The Bertz CT molecular complexity index is 769. The van der Waals surface area contributed by atoms with Crippen molar-refractivity contribution in [2.24, 2.45) is 4.99 Å². The number of rotatable bonds is 8. The highest BCUT2D eigenvalue weighted by atomic mass is 127. The summed E-state index contributed by atoms with van der Waals surface area (Å²) in [5, 5.41) is 9.93. The molecule has 0 unspecified atom stereocenters. The number of ether oxygens (including phenoxy) is 1. The van der Waals surface area contributed by atoms with Crippen LogP contribution in [0.4, 0.5) is 0 Å². The Hall–Kier alpha value is -2.00. The van der Waals surface area contributed by atoms with Gasteiger partial charge in [0.25, 0.3) is 5.91 Å². The Kier molecular flexibility index (Phi) is 11.4. The lowest BCUT2D eigenvalue weighted by molar-refractivity contribution is -0.122. The summed E-state index contributed by atoms with van der Waals surface area (Å²) in [6.45, 7) is 3.70. The number of aliphatic imine (C=N–C) groups is 1. The van der Waals surface area contributed by atoms with Crippen molar-refractivity contribution in [1.29, 1.82) is 0 Å². The van der Waals surface area contributed by atoms with Crippen molar-refractivity contribution in [3.63, 3.8) is 0 Å². The molecule has 28 heavy (non-hydrogen) atoms. The van der Waals surface area contributed by atoms with Crippen LogP contribution < -0.4 is 20.7 Å². The molecule has 2 rings (SSSR count). The highest BCUT2D eigenvalue weighted by Crippen LogP contribution is 2.13. The molecule has 0 atom stereocenters. The van der Waals surface area contributed by atoms with Crippen LogP contribution in [-0.2, 0) is 17.9 Å². The molecule has 0 radical (unpaired) electrons. The number of benzene rings is 2. The first-order valence-electron chi connectivity index (χ1n) is 8.78. The monoisotopic (exact) mass is 516 g/mol. The lowest BCUT2D eigenvalue weighted by Crippen LogP contribution is -2.36. The van der Waals surface area contributed by atoms with Crippen molar-refractivity contribution >= 4 is 47.4 Å². The van der Waals surface area contributed by atoms with E-state index in [0.29, 0.717) is 31.3 Å². The summed E-state index contributed by atoms with van der Waals surface area (Å²) in [6.07, 6.45) is 0. The van der Waals surface area contributed by atoms with Crippen LogP contribution in [0.2, 0.25) is 5.02 Å². The van der Waals surface area contributed by atoms with E-state index < -0.39 is 0 Å². The Balaban J connectivity index is 0.00000392. The molecule has 0 saturated heterocycles. The highest BCUT2D eigenvalue weighted by Gasteiger charge is 2.03. The molecule has 0 aliphatic rings. The third-order valence-electron chi connectivity index (χ3n) is 3.70. The Morgan fingerprint density at radius 2 is 1.71 bits per heavy atom. The SMILES string of the molecule is CCNC(=O)COc1cccc(CNC(=NC)NCc2ccc(Cl)cc2)c1.I. The van der Waals surface area contributed by atoms with Crippen molar-refractivity contribution in [2.45, 2.75) is 20.0 Å². The largest absolute Gasteiger partial charge is 0.484 e. The molecule has 8 heteroatoms. The smallest absolute Gasteiger partial charge is 0.257 e. The molecule has 152 valence electrons. The van der Waals surface area contributed by atoms with Gasteiger partial charge in [-0.25, -0.2) is 0 Å². The first kappa shape index (κ1) is 24.0. The topological polar surface area (TPSA) is 74.8 Å². The summed E-state index contributed by atoms with van der Waals surface area (Å²) < 4.78 is 5.51. The van der Waals surface area contributed by atoms with Gasteiger partial charge in [-0.05, 0) is 42.3 Å². The molecule has 0 spiro atoms. The highest BCUT2D eigenvalue weighted by molar-refractivity contribution is 14.0. The van der Waals surface area contributed by atoms with Crippen LogP contribution in [0.25, 0.3) is 0 Å². The summed E-state index contributed by atoms with van der Waals surface area (Å²) >= 11 is 5.90. The zero-order valence-corrected chi connectivity index (χ0v) is 19.1. The van der Waals surface area contributed by atoms with Gasteiger partial charge in [-0.3, -0.25) is 9.79 Å². The average Bonchev–Trinajstić information content (AvgIpc) is 2.68. The van der Waals surface area contributed by atoms with E-state index in [-0.39, 0.29) is 36.5 Å². The normalized spacial score (nSPS) is 10.6. The standard InChI is InChI=1S/C20H25ClN4O2.HI/c1-3-23-19(26)14-27-18-6-4-5-16(11-18)13-25-20(22-2)24-12-15-7-9-17(21)10-8-15;/h4-11H,3,12-14H2,1-2H3,(H,23,26)(H2,22,24,25);1H. The maximum absolute atomic E-state index is 11.5. The number of nitrogens with zero attached hydrogens (tertiary/aromatic N) is 1. The molecule has 1 amide bonds. The number of hydrogen-bond donors (Lipinski definition) is 3. The number of hydrogen-bond acceptors (Lipinski definition) is 3. The van der Waals surface area contributed by atoms with E-state index in [0.717, 1.165) is 16.1 Å². The van der Waals surface area contributed by atoms with Gasteiger partial charge in [0.15, 0.2) is 12.6 Å². The van der Waals surface area contributed by atoms with E-state index in [2.05, 4.69) is 20.9 Å². The van der Waals surface area contributed by atoms with Crippen molar-refractivity contribution in [3.8, 4) is 5.75 Å². The molecule has 2 aromatic rings. The van der Waals surface area contributed by atoms with Crippen LogP contribution >= 0.6 is 35.6 Å². The molecule has 0 aromatic heterocycles. The summed E-state index contributed by atoms with van der Waals surface area (Å²) in [5.41, 5.74) is 2.14. The lowest BCUT2D eigenvalue weighted by atomic mass is 10.2. The number of likely N-dealkylation sites (N-methyl/N-ethyl adjacent to an activating group) is 1. The van der Waals surface area contributed by atoms with E-state index in [4.69, 9.17) is 16.3 Å². The van der Waals surface area contributed by atoms with Crippen LogP contribution in [-0.4, -0.2) is 32.1 Å². The fourth-order valence-corrected chi connectivity index (χ4v) is 2.46.